The molecule has 0 spiro atoms. The molecule has 1 aromatic carbocycles. The van der Waals surface area contributed by atoms with Crippen molar-refractivity contribution in [3.05, 3.63) is 88.0 Å². The maximum Gasteiger partial charge on any atom is 0.278 e. The molecule has 3 heterocycles. The van der Waals surface area contributed by atoms with Crippen molar-refractivity contribution < 1.29 is 9.59 Å². The number of aryl methyl sites for hydroxylation is 1. The van der Waals surface area contributed by atoms with E-state index in [2.05, 4.69) is 10.3 Å². The molecule has 1 aliphatic rings. The van der Waals surface area contributed by atoms with Gasteiger partial charge in [-0.05, 0) is 48.2 Å². The lowest BCUT2D eigenvalue weighted by molar-refractivity contribution is -0.137. The monoisotopic (exact) mass is 375 g/mol. The molecule has 6 heteroatoms. The van der Waals surface area contributed by atoms with Crippen molar-refractivity contribution in [2.75, 3.05) is 5.32 Å². The lowest BCUT2D eigenvalue weighted by atomic mass is 10.1. The zero-order valence-electron chi connectivity index (χ0n) is 14.7. The van der Waals surface area contributed by atoms with Gasteiger partial charge in [0, 0.05) is 23.0 Å². The van der Waals surface area contributed by atoms with E-state index in [4.69, 9.17) is 0 Å². The topological polar surface area (TPSA) is 62.3 Å². The highest BCUT2D eigenvalue weighted by Crippen LogP contribution is 2.33. The zero-order chi connectivity index (χ0) is 18.8. The number of carbonyl (C=O) groups excluding carboxylic acids is 2. The molecule has 0 saturated carbocycles. The van der Waals surface area contributed by atoms with Crippen LogP contribution >= 0.6 is 11.3 Å². The van der Waals surface area contributed by atoms with Gasteiger partial charge >= 0.3 is 0 Å². The summed E-state index contributed by atoms with van der Waals surface area (Å²) in [4.78, 5) is 32.2. The Morgan fingerprint density at radius 1 is 1.00 bits per heavy atom. The number of anilines is 1. The highest BCUT2D eigenvalue weighted by atomic mass is 32.1. The number of rotatable bonds is 5. The van der Waals surface area contributed by atoms with E-state index < -0.39 is 0 Å². The van der Waals surface area contributed by atoms with Gasteiger partial charge in [0.25, 0.3) is 11.8 Å². The fourth-order valence-corrected chi connectivity index (χ4v) is 3.71. The normalized spacial score (nSPS) is 14.2. The zero-order valence-corrected chi connectivity index (χ0v) is 15.5. The van der Waals surface area contributed by atoms with Gasteiger partial charge in [0.1, 0.15) is 5.70 Å². The Bertz CT molecular complexity index is 1010. The summed E-state index contributed by atoms with van der Waals surface area (Å²) in [6, 6.07) is 15.1. The van der Waals surface area contributed by atoms with E-state index in [1.54, 1.807) is 24.5 Å². The van der Waals surface area contributed by atoms with Gasteiger partial charge in [0.05, 0.1) is 12.1 Å². The highest BCUT2D eigenvalue weighted by molar-refractivity contribution is 7.11. The van der Waals surface area contributed by atoms with Gasteiger partial charge in [-0.1, -0.05) is 23.8 Å². The van der Waals surface area contributed by atoms with Crippen LogP contribution < -0.4 is 5.32 Å². The van der Waals surface area contributed by atoms with Crippen molar-refractivity contribution >= 4 is 34.4 Å². The number of amides is 2. The number of pyridine rings is 1. The van der Waals surface area contributed by atoms with Gasteiger partial charge in [-0.25, -0.2) is 0 Å². The molecule has 0 saturated heterocycles. The van der Waals surface area contributed by atoms with Crippen LogP contribution in [-0.2, 0) is 16.1 Å². The Labute approximate surface area is 161 Å². The molecule has 0 bridgehead atoms. The molecule has 134 valence electrons. The minimum absolute atomic E-state index is 0.216. The van der Waals surface area contributed by atoms with E-state index in [-0.39, 0.29) is 18.4 Å². The molecule has 0 fully saturated rings. The van der Waals surface area contributed by atoms with E-state index in [1.165, 1.54) is 16.2 Å². The van der Waals surface area contributed by atoms with E-state index in [0.717, 1.165) is 21.7 Å². The largest absolute Gasteiger partial charge is 0.350 e. The number of imide groups is 1. The van der Waals surface area contributed by atoms with Gasteiger partial charge in [-0.3, -0.25) is 19.5 Å². The summed E-state index contributed by atoms with van der Waals surface area (Å²) < 4.78 is 0. The summed E-state index contributed by atoms with van der Waals surface area (Å²) in [5.41, 5.74) is 3.50. The smallest absolute Gasteiger partial charge is 0.278 e. The maximum absolute atomic E-state index is 13.1. The molecular weight excluding hydrogens is 358 g/mol. The molecule has 0 atom stereocenters. The van der Waals surface area contributed by atoms with Crippen LogP contribution in [0.3, 0.4) is 0 Å². The molecule has 0 aliphatic carbocycles. The van der Waals surface area contributed by atoms with Crippen LogP contribution in [-0.4, -0.2) is 21.7 Å². The highest BCUT2D eigenvalue weighted by Gasteiger charge is 2.39. The third-order valence-electron chi connectivity index (χ3n) is 4.35. The Kier molecular flexibility index (Phi) is 4.56. The Balaban J connectivity index is 1.70. The molecule has 3 aromatic rings. The van der Waals surface area contributed by atoms with Crippen molar-refractivity contribution in [3.8, 4) is 0 Å². The Morgan fingerprint density at radius 2 is 1.74 bits per heavy atom. The van der Waals surface area contributed by atoms with Crippen molar-refractivity contribution in [2.24, 2.45) is 0 Å². The minimum Gasteiger partial charge on any atom is -0.350 e. The molecule has 27 heavy (non-hydrogen) atoms. The molecule has 2 amide bonds. The average Bonchev–Trinajstić information content (AvgIpc) is 3.28. The summed E-state index contributed by atoms with van der Waals surface area (Å²) in [6.07, 6.45) is 3.30. The quantitative estimate of drug-likeness (QED) is 0.688. The fraction of sp³-hybridized carbons (Fsp3) is 0.0952. The third kappa shape index (κ3) is 3.39. The molecular formula is C21H17N3O2S. The molecule has 0 unspecified atom stereocenters. The second-order valence-corrected chi connectivity index (χ2v) is 7.22. The first-order chi connectivity index (χ1) is 13.1. The predicted octanol–water partition coefficient (Wildman–Crippen LogP) is 3.84. The van der Waals surface area contributed by atoms with Crippen molar-refractivity contribution in [3.63, 3.8) is 0 Å². The van der Waals surface area contributed by atoms with Gasteiger partial charge in [0.2, 0.25) is 0 Å². The molecule has 1 aliphatic heterocycles. The number of hydrogen-bond acceptors (Lipinski definition) is 5. The van der Waals surface area contributed by atoms with Crippen molar-refractivity contribution in [1.82, 2.24) is 9.88 Å². The summed E-state index contributed by atoms with van der Waals surface area (Å²) in [6.45, 7) is 2.22. The van der Waals surface area contributed by atoms with Gasteiger partial charge in [-0.15, -0.1) is 11.3 Å². The SMILES string of the molecule is Cc1ccc(NC2=C(c3cccs3)C(=O)N(Cc3ccncc3)C2=O)cc1. The molecule has 1 N–H and O–H groups in total. The average molecular weight is 375 g/mol. The van der Waals surface area contributed by atoms with Gasteiger partial charge in [0.15, 0.2) is 0 Å². The number of nitrogens with one attached hydrogen (secondary N) is 1. The number of hydrogen-bond donors (Lipinski definition) is 1. The number of carbonyl (C=O) groups is 2. The van der Waals surface area contributed by atoms with Gasteiger partial charge in [-0.2, -0.15) is 0 Å². The Morgan fingerprint density at radius 3 is 2.41 bits per heavy atom. The van der Waals surface area contributed by atoms with Crippen LogP contribution in [0.15, 0.2) is 72.0 Å². The third-order valence-corrected chi connectivity index (χ3v) is 5.23. The number of aromatic nitrogens is 1. The van der Waals surface area contributed by atoms with Crippen molar-refractivity contribution in [2.45, 2.75) is 13.5 Å². The molecule has 2 aromatic heterocycles. The van der Waals surface area contributed by atoms with E-state index in [1.807, 2.05) is 48.7 Å². The minimum atomic E-state index is -0.319. The second-order valence-electron chi connectivity index (χ2n) is 6.27. The lowest BCUT2D eigenvalue weighted by Crippen LogP contribution is -2.31. The van der Waals surface area contributed by atoms with E-state index >= 15 is 0 Å². The number of nitrogens with zero attached hydrogens (tertiary/aromatic N) is 2. The first-order valence-corrected chi connectivity index (χ1v) is 9.38. The standard InChI is InChI=1S/C21H17N3O2S/c1-14-4-6-16(7-5-14)23-19-18(17-3-2-12-27-17)20(25)24(21(19)26)13-15-8-10-22-11-9-15/h2-12,23H,13H2,1H3. The predicted molar refractivity (Wildman–Crippen MR) is 106 cm³/mol. The first kappa shape index (κ1) is 17.2. The van der Waals surface area contributed by atoms with Crippen LogP contribution in [0.25, 0.3) is 5.57 Å². The Hall–Kier alpha value is -3.25. The summed E-state index contributed by atoms with van der Waals surface area (Å²) in [5, 5.41) is 5.06. The van der Waals surface area contributed by atoms with Crippen molar-refractivity contribution in [1.29, 1.82) is 0 Å². The van der Waals surface area contributed by atoms with E-state index in [0.29, 0.717) is 11.3 Å². The van der Waals surface area contributed by atoms with Crippen LogP contribution in [0.5, 0.6) is 0 Å². The summed E-state index contributed by atoms with van der Waals surface area (Å²) in [5.74, 6) is -0.602. The fourth-order valence-electron chi connectivity index (χ4n) is 2.94. The maximum atomic E-state index is 13.1. The van der Waals surface area contributed by atoms with Crippen LogP contribution in [0.4, 0.5) is 5.69 Å². The number of benzene rings is 1. The second kappa shape index (κ2) is 7.17. The lowest BCUT2D eigenvalue weighted by Gasteiger charge is -2.15. The molecule has 0 radical (unpaired) electrons. The molecule has 5 nitrogen and oxygen atoms in total. The number of thiophene rings is 1. The van der Waals surface area contributed by atoms with Crippen LogP contribution in [0.2, 0.25) is 0 Å². The van der Waals surface area contributed by atoms with Gasteiger partial charge < -0.3 is 5.32 Å². The molecule has 4 rings (SSSR count). The summed E-state index contributed by atoms with van der Waals surface area (Å²) in [7, 11) is 0. The van der Waals surface area contributed by atoms with E-state index in [9.17, 15) is 9.59 Å². The first-order valence-electron chi connectivity index (χ1n) is 8.50. The summed E-state index contributed by atoms with van der Waals surface area (Å²) >= 11 is 1.44. The van der Waals surface area contributed by atoms with Crippen LogP contribution in [0.1, 0.15) is 16.0 Å². The van der Waals surface area contributed by atoms with Crippen LogP contribution in [0, 0.1) is 6.92 Å².